The molecule has 0 aromatic heterocycles. The lowest BCUT2D eigenvalue weighted by Crippen LogP contribution is -2.47. The van der Waals surface area contributed by atoms with E-state index in [4.69, 9.17) is 4.74 Å². The molecule has 6 heteroatoms. The predicted molar refractivity (Wildman–Crippen MR) is 151 cm³/mol. The third-order valence-corrected chi connectivity index (χ3v) is 7.57. The summed E-state index contributed by atoms with van der Waals surface area (Å²) in [7, 11) is 0. The van der Waals surface area contributed by atoms with Crippen LogP contribution in [0, 0.1) is 5.92 Å². The predicted octanol–water partition coefficient (Wildman–Crippen LogP) is 6.90. The van der Waals surface area contributed by atoms with Gasteiger partial charge in [-0.15, -0.1) is 0 Å². The smallest absolute Gasteiger partial charge is 0.410 e. The number of carboxylic acids is 1. The van der Waals surface area contributed by atoms with Crippen LogP contribution in [0.15, 0.2) is 60.2 Å². The minimum atomic E-state index is -0.967. The average molecular weight is 519 g/mol. The third kappa shape index (κ3) is 7.70. The van der Waals surface area contributed by atoms with Gasteiger partial charge >= 0.3 is 12.1 Å². The Morgan fingerprint density at radius 1 is 1.05 bits per heavy atom. The molecule has 0 spiro atoms. The zero-order valence-electron chi connectivity index (χ0n) is 23.2. The molecule has 0 aliphatic heterocycles. The van der Waals surface area contributed by atoms with Crippen LogP contribution in [-0.2, 0) is 11.3 Å². The minimum absolute atomic E-state index is 0.0653. The van der Waals surface area contributed by atoms with Gasteiger partial charge in [-0.05, 0) is 88.5 Å². The van der Waals surface area contributed by atoms with Crippen LogP contribution in [-0.4, -0.2) is 45.8 Å². The summed E-state index contributed by atoms with van der Waals surface area (Å²) in [5.74, 6) is -0.358. The van der Waals surface area contributed by atoms with Gasteiger partial charge in [-0.1, -0.05) is 61.0 Å². The fourth-order valence-electron chi connectivity index (χ4n) is 5.54. The van der Waals surface area contributed by atoms with Gasteiger partial charge in [0.25, 0.3) is 0 Å². The summed E-state index contributed by atoms with van der Waals surface area (Å²) in [4.78, 5) is 26.5. The molecule has 2 aliphatic rings. The molecule has 0 bridgehead atoms. The Bertz CT molecular complexity index is 1130. The van der Waals surface area contributed by atoms with Crippen molar-refractivity contribution in [2.75, 3.05) is 0 Å². The van der Waals surface area contributed by atoms with E-state index in [-0.39, 0.29) is 17.7 Å². The highest BCUT2D eigenvalue weighted by Gasteiger charge is 2.41. The third-order valence-electron chi connectivity index (χ3n) is 7.57. The number of nitrogens with zero attached hydrogens (tertiary/aromatic N) is 1. The number of benzene rings is 2. The highest BCUT2D eigenvalue weighted by atomic mass is 16.6. The van der Waals surface area contributed by atoms with Crippen molar-refractivity contribution in [3.05, 3.63) is 76.9 Å². The average Bonchev–Trinajstić information content (AvgIpc) is 3.65. The van der Waals surface area contributed by atoms with Gasteiger partial charge in [0.15, 0.2) is 0 Å². The van der Waals surface area contributed by atoms with Gasteiger partial charge in [0.1, 0.15) is 5.60 Å². The van der Waals surface area contributed by atoms with E-state index in [0.717, 1.165) is 37.7 Å². The summed E-state index contributed by atoms with van der Waals surface area (Å²) in [5, 5.41) is 13.3. The quantitative estimate of drug-likeness (QED) is 0.377. The Kier molecular flexibility index (Phi) is 8.93. The Hall–Kier alpha value is -3.12. The van der Waals surface area contributed by atoms with E-state index in [9.17, 15) is 14.7 Å². The molecule has 2 aliphatic carbocycles. The van der Waals surface area contributed by atoms with Gasteiger partial charge in [0.2, 0.25) is 0 Å². The first-order valence-corrected chi connectivity index (χ1v) is 14.0. The first-order valence-electron chi connectivity index (χ1n) is 14.0. The number of ether oxygens (including phenoxy) is 1. The second kappa shape index (κ2) is 12.2. The number of nitrogens with one attached hydrogen (secondary N) is 1. The number of rotatable bonds is 9. The van der Waals surface area contributed by atoms with Crippen molar-refractivity contribution in [3.63, 3.8) is 0 Å². The summed E-state index contributed by atoms with van der Waals surface area (Å²) >= 11 is 0. The van der Waals surface area contributed by atoms with Crippen LogP contribution < -0.4 is 5.32 Å². The summed E-state index contributed by atoms with van der Waals surface area (Å²) in [5.41, 5.74) is 3.22. The van der Waals surface area contributed by atoms with E-state index >= 15 is 0 Å². The number of aromatic carboxylic acids is 1. The SMILES string of the molecule is CCC(=Cc1ccccc1)C1CC1NC1CCC(N(Cc2cccc(C(=O)O)c2)C(=O)OC(C)(C)C)CC1. The van der Waals surface area contributed by atoms with Crippen LogP contribution in [0.1, 0.15) is 87.7 Å². The molecule has 1 amide bonds. The van der Waals surface area contributed by atoms with Gasteiger partial charge in [-0.3, -0.25) is 0 Å². The molecule has 2 unspecified atom stereocenters. The van der Waals surface area contributed by atoms with Crippen LogP contribution in [0.3, 0.4) is 0 Å². The molecule has 0 saturated heterocycles. The standard InChI is InChI=1S/C32H42N2O4/c1-5-24(18-22-10-7-6-8-11-22)28-20-29(28)33-26-14-16-27(17-15-26)34(31(37)38-32(2,3)4)21-23-12-9-13-25(19-23)30(35)36/h6-13,18-19,26-29,33H,5,14-17,20-21H2,1-4H3,(H,35,36). The van der Waals surface area contributed by atoms with Crippen LogP contribution in [0.4, 0.5) is 4.79 Å². The second-order valence-corrected chi connectivity index (χ2v) is 11.7. The zero-order valence-corrected chi connectivity index (χ0v) is 23.2. The van der Waals surface area contributed by atoms with Gasteiger partial charge in [-0.2, -0.15) is 0 Å². The maximum Gasteiger partial charge on any atom is 0.410 e. The molecule has 0 heterocycles. The number of hydrogen-bond donors (Lipinski definition) is 2. The van der Waals surface area contributed by atoms with Gasteiger partial charge in [0, 0.05) is 24.7 Å². The van der Waals surface area contributed by atoms with Crippen LogP contribution in [0.25, 0.3) is 6.08 Å². The van der Waals surface area contributed by atoms with Crippen molar-refractivity contribution >= 4 is 18.1 Å². The highest BCUT2D eigenvalue weighted by Crippen LogP contribution is 2.41. The number of amides is 1. The molecule has 2 aromatic carbocycles. The van der Waals surface area contributed by atoms with Crippen molar-refractivity contribution in [2.45, 2.75) is 96.5 Å². The van der Waals surface area contributed by atoms with E-state index in [1.165, 1.54) is 17.6 Å². The highest BCUT2D eigenvalue weighted by molar-refractivity contribution is 5.87. The molecule has 204 valence electrons. The second-order valence-electron chi connectivity index (χ2n) is 11.7. The normalized spacial score (nSPS) is 23.5. The number of carbonyl (C=O) groups excluding carboxylic acids is 1. The monoisotopic (exact) mass is 518 g/mol. The molecule has 2 atom stereocenters. The lowest BCUT2D eigenvalue weighted by Gasteiger charge is -2.38. The van der Waals surface area contributed by atoms with Crippen LogP contribution in [0.2, 0.25) is 0 Å². The molecule has 6 nitrogen and oxygen atoms in total. The van der Waals surface area contributed by atoms with E-state index in [0.29, 0.717) is 24.5 Å². The fraction of sp³-hybridized carbons (Fsp3) is 0.500. The minimum Gasteiger partial charge on any atom is -0.478 e. The number of carbonyl (C=O) groups is 2. The molecular weight excluding hydrogens is 476 g/mol. The number of hydrogen-bond acceptors (Lipinski definition) is 4. The maximum atomic E-state index is 13.2. The Morgan fingerprint density at radius 2 is 1.76 bits per heavy atom. The van der Waals surface area contributed by atoms with E-state index in [2.05, 4.69) is 48.6 Å². The maximum absolute atomic E-state index is 13.2. The van der Waals surface area contributed by atoms with Crippen molar-refractivity contribution < 1.29 is 19.4 Å². The molecule has 2 aromatic rings. The summed E-state index contributed by atoms with van der Waals surface area (Å²) in [6.45, 7) is 8.20. The topological polar surface area (TPSA) is 78.9 Å². The van der Waals surface area contributed by atoms with Gasteiger partial charge in [-0.25, -0.2) is 9.59 Å². The molecule has 4 rings (SSSR count). The molecule has 0 radical (unpaired) electrons. The Balaban J connectivity index is 1.36. The van der Waals surface area contributed by atoms with Gasteiger partial charge in [0.05, 0.1) is 5.56 Å². The van der Waals surface area contributed by atoms with E-state index in [1.54, 1.807) is 23.1 Å². The van der Waals surface area contributed by atoms with Gasteiger partial charge < -0.3 is 20.1 Å². The summed E-state index contributed by atoms with van der Waals surface area (Å²) < 4.78 is 5.75. The van der Waals surface area contributed by atoms with Crippen molar-refractivity contribution in [2.24, 2.45) is 5.92 Å². The zero-order chi connectivity index (χ0) is 27.3. The lowest BCUT2D eigenvalue weighted by atomic mass is 9.89. The van der Waals surface area contributed by atoms with Crippen LogP contribution >= 0.6 is 0 Å². The first kappa shape index (κ1) is 27.9. The van der Waals surface area contributed by atoms with E-state index in [1.807, 2.05) is 26.8 Å². The lowest BCUT2D eigenvalue weighted by molar-refractivity contribution is 0.00876. The molecule has 2 fully saturated rings. The fourth-order valence-corrected chi connectivity index (χ4v) is 5.54. The van der Waals surface area contributed by atoms with Crippen molar-refractivity contribution in [1.29, 1.82) is 0 Å². The van der Waals surface area contributed by atoms with Crippen molar-refractivity contribution in [1.82, 2.24) is 10.2 Å². The molecule has 38 heavy (non-hydrogen) atoms. The van der Waals surface area contributed by atoms with Crippen molar-refractivity contribution in [3.8, 4) is 0 Å². The Labute approximate surface area is 227 Å². The Morgan fingerprint density at radius 3 is 2.39 bits per heavy atom. The first-order chi connectivity index (χ1) is 18.1. The largest absolute Gasteiger partial charge is 0.478 e. The summed E-state index contributed by atoms with van der Waals surface area (Å²) in [6.07, 6.45) is 8.07. The van der Waals surface area contributed by atoms with Crippen LogP contribution in [0.5, 0.6) is 0 Å². The summed E-state index contributed by atoms with van der Waals surface area (Å²) in [6, 6.07) is 18.4. The van der Waals surface area contributed by atoms with E-state index < -0.39 is 11.6 Å². The molecule has 2 saturated carbocycles. The molecular formula is C32H42N2O4. The number of carboxylic acid groups (broad SMARTS) is 1. The molecule has 2 N–H and O–H groups in total.